The van der Waals surface area contributed by atoms with Gasteiger partial charge < -0.3 is 10.2 Å². The molecule has 2 N–H and O–H groups in total. The van der Waals surface area contributed by atoms with E-state index < -0.39 is 11.9 Å². The molecular formula is C12H9NO4S. The Balaban J connectivity index is 2.73. The van der Waals surface area contributed by atoms with Gasteiger partial charge in [-0.05, 0) is 18.6 Å². The highest BCUT2D eigenvalue weighted by atomic mass is 32.1. The highest BCUT2D eigenvalue weighted by Gasteiger charge is 2.21. The first-order valence-electron chi connectivity index (χ1n) is 5.02. The molecule has 92 valence electrons. The molecule has 0 spiro atoms. The number of hydrogen-bond acceptors (Lipinski definition) is 4. The number of carboxylic acids is 2. The van der Waals surface area contributed by atoms with Crippen LogP contribution in [-0.2, 0) is 0 Å². The number of aromatic nitrogens is 1. The van der Waals surface area contributed by atoms with Crippen molar-refractivity contribution in [3.05, 3.63) is 40.4 Å². The second-order valence-corrected chi connectivity index (χ2v) is 4.50. The number of hydrogen-bond donors (Lipinski definition) is 2. The van der Waals surface area contributed by atoms with E-state index in [4.69, 9.17) is 5.11 Å². The summed E-state index contributed by atoms with van der Waals surface area (Å²) in [6, 6.07) is 2.89. The van der Waals surface area contributed by atoms with Crippen LogP contribution in [0.1, 0.15) is 26.3 Å². The maximum absolute atomic E-state index is 11.3. The largest absolute Gasteiger partial charge is 0.478 e. The highest BCUT2D eigenvalue weighted by Crippen LogP contribution is 2.29. The summed E-state index contributed by atoms with van der Waals surface area (Å²) in [4.78, 5) is 26.3. The smallest absolute Gasteiger partial charge is 0.336 e. The summed E-state index contributed by atoms with van der Waals surface area (Å²) in [5.41, 5.74) is 0.667. The van der Waals surface area contributed by atoms with Crippen molar-refractivity contribution in [2.45, 2.75) is 6.92 Å². The molecule has 0 radical (unpaired) electrons. The van der Waals surface area contributed by atoms with Gasteiger partial charge in [-0.25, -0.2) is 14.6 Å². The Labute approximate surface area is 106 Å². The molecule has 0 aliphatic carbocycles. The van der Waals surface area contributed by atoms with E-state index in [1.807, 2.05) is 0 Å². The van der Waals surface area contributed by atoms with Crippen molar-refractivity contribution in [3.63, 3.8) is 0 Å². The van der Waals surface area contributed by atoms with E-state index in [0.717, 1.165) is 0 Å². The van der Waals surface area contributed by atoms with Crippen molar-refractivity contribution < 1.29 is 19.8 Å². The van der Waals surface area contributed by atoms with E-state index in [1.54, 1.807) is 11.6 Å². The van der Waals surface area contributed by atoms with Crippen molar-refractivity contribution >= 4 is 23.3 Å². The van der Waals surface area contributed by atoms with Gasteiger partial charge in [0, 0.05) is 17.1 Å². The normalized spacial score (nSPS) is 10.3. The van der Waals surface area contributed by atoms with Gasteiger partial charge in [-0.1, -0.05) is 6.07 Å². The van der Waals surface area contributed by atoms with Crippen LogP contribution >= 0.6 is 11.3 Å². The van der Waals surface area contributed by atoms with Gasteiger partial charge in [-0.15, -0.1) is 11.3 Å². The van der Waals surface area contributed by atoms with Crippen LogP contribution in [0, 0.1) is 6.92 Å². The molecule has 6 heteroatoms. The fourth-order valence-electron chi connectivity index (χ4n) is 1.75. The van der Waals surface area contributed by atoms with E-state index in [9.17, 15) is 14.7 Å². The van der Waals surface area contributed by atoms with E-state index in [2.05, 4.69) is 4.98 Å². The summed E-state index contributed by atoms with van der Waals surface area (Å²) < 4.78 is 0. The lowest BCUT2D eigenvalue weighted by Crippen LogP contribution is -2.08. The van der Waals surface area contributed by atoms with Crippen LogP contribution in [0.5, 0.6) is 0 Å². The number of carbonyl (C=O) groups is 2. The molecule has 0 saturated heterocycles. The average Bonchev–Trinajstić information content (AvgIpc) is 2.80. The van der Waals surface area contributed by atoms with Crippen LogP contribution in [0.3, 0.4) is 0 Å². The number of nitrogens with zero attached hydrogens (tertiary/aromatic N) is 1. The second kappa shape index (κ2) is 4.58. The van der Waals surface area contributed by atoms with Gasteiger partial charge in [-0.3, -0.25) is 0 Å². The Morgan fingerprint density at radius 1 is 1.22 bits per heavy atom. The van der Waals surface area contributed by atoms with Crippen LogP contribution in [0.15, 0.2) is 23.7 Å². The van der Waals surface area contributed by atoms with E-state index in [-0.39, 0.29) is 16.7 Å². The van der Waals surface area contributed by atoms with Crippen molar-refractivity contribution in [1.29, 1.82) is 0 Å². The molecule has 1 aromatic heterocycles. The number of aromatic carboxylic acids is 2. The number of benzene rings is 1. The molecule has 0 saturated carbocycles. The minimum absolute atomic E-state index is 0.00675. The molecule has 5 nitrogen and oxygen atoms in total. The molecule has 0 amide bonds. The Morgan fingerprint density at radius 3 is 2.44 bits per heavy atom. The molecule has 2 rings (SSSR count). The van der Waals surface area contributed by atoms with E-state index in [1.165, 1.54) is 30.4 Å². The first kappa shape index (κ1) is 12.3. The Hall–Kier alpha value is -2.21. The Morgan fingerprint density at radius 2 is 1.94 bits per heavy atom. The molecule has 0 bridgehead atoms. The first-order chi connectivity index (χ1) is 8.52. The molecule has 1 aromatic carbocycles. The molecule has 0 aliphatic rings. The minimum atomic E-state index is -1.15. The van der Waals surface area contributed by atoms with Gasteiger partial charge in [0.2, 0.25) is 0 Å². The molecule has 2 aromatic rings. The lowest BCUT2D eigenvalue weighted by atomic mass is 9.97. The van der Waals surface area contributed by atoms with Gasteiger partial charge >= 0.3 is 11.9 Å². The van der Waals surface area contributed by atoms with Crippen molar-refractivity contribution in [1.82, 2.24) is 4.98 Å². The predicted molar refractivity (Wildman–Crippen MR) is 66.2 cm³/mol. The quantitative estimate of drug-likeness (QED) is 0.888. The Bertz CT molecular complexity index is 619. The monoisotopic (exact) mass is 263 g/mol. The fourth-order valence-corrected chi connectivity index (χ4v) is 2.42. The SMILES string of the molecule is Cc1c(C(=O)O)ccc(-c2nccs2)c1C(=O)O. The first-order valence-corrected chi connectivity index (χ1v) is 5.90. The number of carboxylic acid groups (broad SMARTS) is 2. The maximum atomic E-state index is 11.3. The van der Waals surface area contributed by atoms with Crippen molar-refractivity contribution in [3.8, 4) is 10.6 Å². The molecule has 0 fully saturated rings. The summed E-state index contributed by atoms with van der Waals surface area (Å²) in [5.74, 6) is -2.29. The minimum Gasteiger partial charge on any atom is -0.478 e. The molecule has 18 heavy (non-hydrogen) atoms. The van der Waals surface area contributed by atoms with Gasteiger partial charge in [0.1, 0.15) is 5.01 Å². The summed E-state index contributed by atoms with van der Waals surface area (Å²) in [5, 5.41) is 20.5. The van der Waals surface area contributed by atoms with Gasteiger partial charge in [0.05, 0.1) is 11.1 Å². The zero-order chi connectivity index (χ0) is 13.3. The zero-order valence-corrected chi connectivity index (χ0v) is 10.2. The number of rotatable bonds is 3. The summed E-state index contributed by atoms with van der Waals surface area (Å²) >= 11 is 1.31. The standard InChI is InChI=1S/C12H9NO4S/c1-6-7(11(14)15)2-3-8(9(6)12(16)17)10-13-4-5-18-10/h2-5H,1H3,(H,14,15)(H,16,17). The van der Waals surface area contributed by atoms with E-state index in [0.29, 0.717) is 10.6 Å². The predicted octanol–water partition coefficient (Wildman–Crippen LogP) is 2.51. The Kier molecular flexibility index (Phi) is 3.12. The van der Waals surface area contributed by atoms with Crippen LogP contribution in [0.2, 0.25) is 0 Å². The number of thiazole rings is 1. The van der Waals surface area contributed by atoms with Crippen LogP contribution < -0.4 is 0 Å². The maximum Gasteiger partial charge on any atom is 0.336 e. The van der Waals surface area contributed by atoms with Gasteiger partial charge in [-0.2, -0.15) is 0 Å². The van der Waals surface area contributed by atoms with Crippen LogP contribution in [-0.4, -0.2) is 27.1 Å². The van der Waals surface area contributed by atoms with Crippen LogP contribution in [0.4, 0.5) is 0 Å². The fraction of sp³-hybridized carbons (Fsp3) is 0.0833. The van der Waals surface area contributed by atoms with Crippen molar-refractivity contribution in [2.75, 3.05) is 0 Å². The molecule has 0 atom stereocenters. The van der Waals surface area contributed by atoms with Crippen LogP contribution in [0.25, 0.3) is 10.6 Å². The highest BCUT2D eigenvalue weighted by molar-refractivity contribution is 7.13. The summed E-state index contributed by atoms with van der Waals surface area (Å²) in [6.07, 6.45) is 1.58. The second-order valence-electron chi connectivity index (χ2n) is 3.61. The van der Waals surface area contributed by atoms with Gasteiger partial charge in [0.15, 0.2) is 0 Å². The molecule has 1 heterocycles. The third kappa shape index (κ3) is 1.98. The lowest BCUT2D eigenvalue weighted by Gasteiger charge is -2.09. The van der Waals surface area contributed by atoms with E-state index >= 15 is 0 Å². The summed E-state index contributed by atoms with van der Waals surface area (Å²) in [7, 11) is 0. The average molecular weight is 263 g/mol. The molecule has 0 unspecified atom stereocenters. The third-order valence-electron chi connectivity index (χ3n) is 2.57. The summed E-state index contributed by atoms with van der Waals surface area (Å²) in [6.45, 7) is 1.49. The lowest BCUT2D eigenvalue weighted by molar-refractivity contribution is 0.0696. The molecule has 0 aliphatic heterocycles. The molecular weight excluding hydrogens is 254 g/mol. The van der Waals surface area contributed by atoms with Crippen molar-refractivity contribution in [2.24, 2.45) is 0 Å². The van der Waals surface area contributed by atoms with Gasteiger partial charge in [0.25, 0.3) is 0 Å². The third-order valence-corrected chi connectivity index (χ3v) is 3.38. The zero-order valence-electron chi connectivity index (χ0n) is 9.38. The topological polar surface area (TPSA) is 87.5 Å².